The zero-order chi connectivity index (χ0) is 12.2. The molecule has 0 aliphatic carbocycles. The Bertz CT molecular complexity index is 429. The fraction of sp³-hybridized carbons (Fsp3) is 0.273. The number of hydrogen-bond acceptors (Lipinski definition) is 4. The smallest absolute Gasteiger partial charge is 0.364 e. The van der Waals surface area contributed by atoms with Crippen LogP contribution in [0.5, 0.6) is 0 Å². The molecular formula is C11H13O4P. The van der Waals surface area contributed by atoms with E-state index in [4.69, 9.17) is 15.5 Å². The van der Waals surface area contributed by atoms with Gasteiger partial charge in [-0.15, -0.1) is 6.42 Å². The third-order valence-corrected chi connectivity index (χ3v) is 4.40. The molecule has 1 aromatic carbocycles. The maximum Gasteiger partial charge on any atom is 0.378 e. The van der Waals surface area contributed by atoms with Crippen molar-refractivity contribution in [2.45, 2.75) is 5.34 Å². The Hall–Kier alpha value is -1.11. The van der Waals surface area contributed by atoms with E-state index in [1.165, 1.54) is 14.2 Å². The van der Waals surface area contributed by atoms with Gasteiger partial charge in [-0.3, -0.25) is 4.57 Å². The Balaban J connectivity index is 3.35. The Kier molecular flexibility index (Phi) is 3.90. The summed E-state index contributed by atoms with van der Waals surface area (Å²) in [4.78, 5) is 0. The summed E-state index contributed by atoms with van der Waals surface area (Å²) in [6, 6.07) is 8.22. The molecule has 1 rings (SSSR count). The van der Waals surface area contributed by atoms with Crippen LogP contribution in [0, 0.1) is 12.3 Å². The van der Waals surface area contributed by atoms with Crippen LogP contribution < -0.4 is 0 Å². The summed E-state index contributed by atoms with van der Waals surface area (Å²) in [5, 5.41) is 8.19. The zero-order valence-electron chi connectivity index (χ0n) is 9.08. The second-order valence-corrected chi connectivity index (χ2v) is 5.42. The van der Waals surface area contributed by atoms with Crippen molar-refractivity contribution in [3.8, 4) is 12.3 Å². The molecule has 0 saturated heterocycles. The van der Waals surface area contributed by atoms with Gasteiger partial charge in [-0.1, -0.05) is 36.3 Å². The largest absolute Gasteiger partial charge is 0.378 e. The number of terminal acetylenes is 1. The highest BCUT2D eigenvalue weighted by Crippen LogP contribution is 2.62. The summed E-state index contributed by atoms with van der Waals surface area (Å²) in [5.74, 6) is 2.08. The predicted molar refractivity (Wildman–Crippen MR) is 60.8 cm³/mol. The van der Waals surface area contributed by atoms with E-state index in [9.17, 15) is 9.67 Å². The second kappa shape index (κ2) is 4.82. The van der Waals surface area contributed by atoms with Crippen molar-refractivity contribution in [2.75, 3.05) is 14.2 Å². The molecule has 1 N–H and O–H groups in total. The van der Waals surface area contributed by atoms with E-state index < -0.39 is 12.9 Å². The fourth-order valence-corrected chi connectivity index (χ4v) is 2.63. The van der Waals surface area contributed by atoms with E-state index in [2.05, 4.69) is 5.92 Å². The Labute approximate surface area is 94.7 Å². The number of rotatable bonds is 4. The maximum absolute atomic E-state index is 12.2. The molecule has 0 aromatic heterocycles. The summed E-state index contributed by atoms with van der Waals surface area (Å²) in [7, 11) is -1.45. The molecule has 1 atom stereocenters. The van der Waals surface area contributed by atoms with E-state index >= 15 is 0 Å². The van der Waals surface area contributed by atoms with Gasteiger partial charge < -0.3 is 14.2 Å². The van der Waals surface area contributed by atoms with Crippen molar-refractivity contribution in [1.29, 1.82) is 0 Å². The van der Waals surface area contributed by atoms with E-state index in [0.29, 0.717) is 5.56 Å². The van der Waals surface area contributed by atoms with E-state index in [0.717, 1.165) is 0 Å². The third-order valence-electron chi connectivity index (χ3n) is 2.25. The first-order valence-electron chi connectivity index (χ1n) is 4.51. The number of hydrogen-bond donors (Lipinski definition) is 1. The van der Waals surface area contributed by atoms with Gasteiger partial charge in [0.2, 0.25) is 0 Å². The first-order valence-corrected chi connectivity index (χ1v) is 6.05. The Morgan fingerprint density at radius 3 is 2.19 bits per heavy atom. The molecule has 0 spiro atoms. The summed E-state index contributed by atoms with van der Waals surface area (Å²) < 4.78 is 21.6. The van der Waals surface area contributed by atoms with Crippen LogP contribution in [-0.2, 0) is 19.0 Å². The minimum atomic E-state index is -3.81. The number of benzene rings is 1. The number of aliphatic hydroxyl groups is 1. The maximum atomic E-state index is 12.2. The van der Waals surface area contributed by atoms with Crippen LogP contribution in [0.1, 0.15) is 5.56 Å². The predicted octanol–water partition coefficient (Wildman–Crippen LogP) is 1.95. The lowest BCUT2D eigenvalue weighted by Crippen LogP contribution is -2.25. The van der Waals surface area contributed by atoms with E-state index in [1.807, 2.05) is 0 Å². The lowest BCUT2D eigenvalue weighted by molar-refractivity contribution is 0.125. The molecule has 0 bridgehead atoms. The standard InChI is InChI=1S/C11H13O4P/c1-4-11(12,16(13,14-2)15-3)10-8-6-5-7-9-10/h1,5-9,12H,2-3H3. The van der Waals surface area contributed by atoms with Crippen LogP contribution in [0.4, 0.5) is 0 Å². The van der Waals surface area contributed by atoms with Gasteiger partial charge in [0.1, 0.15) is 0 Å². The van der Waals surface area contributed by atoms with Crippen LogP contribution >= 0.6 is 7.60 Å². The minimum Gasteiger partial charge on any atom is -0.364 e. The van der Waals surface area contributed by atoms with Gasteiger partial charge in [0.05, 0.1) is 0 Å². The van der Waals surface area contributed by atoms with Gasteiger partial charge in [0.15, 0.2) is 0 Å². The lowest BCUT2D eigenvalue weighted by atomic mass is 10.1. The SMILES string of the molecule is C#CC(O)(c1ccccc1)P(=O)(OC)OC. The summed E-state index contributed by atoms with van der Waals surface area (Å²) in [5.41, 5.74) is 0.296. The molecule has 0 aliphatic heterocycles. The van der Waals surface area contributed by atoms with Crippen LogP contribution in [0.25, 0.3) is 0 Å². The van der Waals surface area contributed by atoms with Crippen LogP contribution in [0.2, 0.25) is 0 Å². The van der Waals surface area contributed by atoms with Crippen molar-refractivity contribution < 1.29 is 18.7 Å². The van der Waals surface area contributed by atoms with Gasteiger partial charge in [-0.25, -0.2) is 0 Å². The molecule has 0 aliphatic rings. The molecule has 86 valence electrons. The zero-order valence-corrected chi connectivity index (χ0v) is 9.98. The van der Waals surface area contributed by atoms with Crippen molar-refractivity contribution in [3.63, 3.8) is 0 Å². The highest BCUT2D eigenvalue weighted by atomic mass is 31.2. The van der Waals surface area contributed by atoms with Crippen LogP contribution in [0.15, 0.2) is 30.3 Å². The quantitative estimate of drug-likeness (QED) is 0.645. The summed E-state index contributed by atoms with van der Waals surface area (Å²) in [6.07, 6.45) is 5.24. The molecule has 16 heavy (non-hydrogen) atoms. The highest BCUT2D eigenvalue weighted by Gasteiger charge is 2.49. The molecule has 0 heterocycles. The lowest BCUT2D eigenvalue weighted by Gasteiger charge is -2.28. The molecule has 1 unspecified atom stereocenters. The molecule has 0 amide bonds. The second-order valence-electron chi connectivity index (χ2n) is 3.05. The van der Waals surface area contributed by atoms with Crippen LogP contribution in [0.3, 0.4) is 0 Å². The van der Waals surface area contributed by atoms with Crippen molar-refractivity contribution in [1.82, 2.24) is 0 Å². The normalized spacial score (nSPS) is 15.1. The Morgan fingerprint density at radius 2 is 1.81 bits per heavy atom. The first-order chi connectivity index (χ1) is 7.54. The van der Waals surface area contributed by atoms with Crippen molar-refractivity contribution in [3.05, 3.63) is 35.9 Å². The van der Waals surface area contributed by atoms with Gasteiger partial charge in [0.25, 0.3) is 5.34 Å². The summed E-state index contributed by atoms with van der Waals surface area (Å²) >= 11 is 0. The van der Waals surface area contributed by atoms with E-state index in [-0.39, 0.29) is 0 Å². The average Bonchev–Trinajstić information content (AvgIpc) is 2.37. The first kappa shape index (κ1) is 13.0. The molecule has 1 aromatic rings. The monoisotopic (exact) mass is 240 g/mol. The molecular weight excluding hydrogens is 227 g/mol. The van der Waals surface area contributed by atoms with Gasteiger partial charge >= 0.3 is 7.60 Å². The fourth-order valence-electron chi connectivity index (χ4n) is 1.33. The molecule has 0 fully saturated rings. The minimum absolute atomic E-state index is 0.296. The Morgan fingerprint density at radius 1 is 1.31 bits per heavy atom. The third kappa shape index (κ3) is 1.91. The molecule has 0 radical (unpaired) electrons. The molecule has 5 heteroatoms. The molecule has 4 nitrogen and oxygen atoms in total. The topological polar surface area (TPSA) is 55.8 Å². The van der Waals surface area contributed by atoms with Crippen molar-refractivity contribution in [2.24, 2.45) is 0 Å². The highest BCUT2D eigenvalue weighted by molar-refractivity contribution is 7.55. The average molecular weight is 240 g/mol. The molecule has 0 saturated carbocycles. The van der Waals surface area contributed by atoms with Gasteiger partial charge in [-0.2, -0.15) is 0 Å². The van der Waals surface area contributed by atoms with Gasteiger partial charge in [-0.05, 0) is 0 Å². The summed E-state index contributed by atoms with van der Waals surface area (Å²) in [6.45, 7) is 0. The van der Waals surface area contributed by atoms with Crippen LogP contribution in [-0.4, -0.2) is 19.3 Å². The van der Waals surface area contributed by atoms with Crippen molar-refractivity contribution >= 4 is 7.60 Å². The van der Waals surface area contributed by atoms with Gasteiger partial charge in [0, 0.05) is 19.8 Å². The van der Waals surface area contributed by atoms with E-state index in [1.54, 1.807) is 30.3 Å².